The molecule has 3 aromatic carbocycles. The molecule has 8 nitrogen and oxygen atoms in total. The summed E-state index contributed by atoms with van der Waals surface area (Å²) in [5.74, 6) is 1.33. The number of rotatable bonds is 6. The van der Waals surface area contributed by atoms with Gasteiger partial charge >= 0.3 is 6.09 Å². The largest absolute Gasteiger partial charge is 0.492 e. The predicted molar refractivity (Wildman–Crippen MR) is 148 cm³/mol. The number of nitrogen functional groups attached to an aromatic ring is 1. The summed E-state index contributed by atoms with van der Waals surface area (Å²) in [5, 5.41) is 6.93. The normalized spacial score (nSPS) is 11.2. The first-order valence-electron chi connectivity index (χ1n) is 11.5. The number of ether oxygens (including phenoxy) is 2. The Bertz CT molecular complexity index is 1420. The Morgan fingerprint density at radius 2 is 1.78 bits per heavy atom. The van der Waals surface area contributed by atoms with Gasteiger partial charge in [-0.05, 0) is 81.3 Å². The fourth-order valence-corrected chi connectivity index (χ4v) is 4.02. The highest BCUT2D eigenvalue weighted by Gasteiger charge is 2.18. The van der Waals surface area contributed by atoms with Crippen LogP contribution in [0.1, 0.15) is 27.7 Å². The lowest BCUT2D eigenvalue weighted by atomic mass is 10.0. The summed E-state index contributed by atoms with van der Waals surface area (Å²) in [5.41, 5.74) is 9.32. The highest BCUT2D eigenvalue weighted by molar-refractivity contribution is 9.10. The Labute approximate surface area is 218 Å². The molecular formula is C27H28BrN5O3. The molecule has 0 bridgehead atoms. The number of carbonyl (C=O) groups is 1. The van der Waals surface area contributed by atoms with Crippen LogP contribution >= 0.6 is 15.9 Å². The van der Waals surface area contributed by atoms with Crippen molar-refractivity contribution in [1.82, 2.24) is 9.97 Å². The van der Waals surface area contributed by atoms with Crippen LogP contribution in [0.2, 0.25) is 0 Å². The molecule has 0 fully saturated rings. The van der Waals surface area contributed by atoms with Crippen LogP contribution in [0.25, 0.3) is 22.0 Å². The van der Waals surface area contributed by atoms with Crippen molar-refractivity contribution >= 4 is 56.1 Å². The molecule has 1 heterocycles. The zero-order chi connectivity index (χ0) is 25.9. The van der Waals surface area contributed by atoms with E-state index in [1.165, 1.54) is 0 Å². The van der Waals surface area contributed by atoms with Crippen molar-refractivity contribution in [3.05, 3.63) is 65.1 Å². The second-order valence-corrected chi connectivity index (χ2v) is 9.98. The first-order valence-corrected chi connectivity index (χ1v) is 12.3. The quantitative estimate of drug-likeness (QED) is 0.234. The van der Waals surface area contributed by atoms with E-state index in [0.717, 1.165) is 32.2 Å². The van der Waals surface area contributed by atoms with E-state index in [0.29, 0.717) is 23.9 Å². The Balaban J connectivity index is 1.70. The lowest BCUT2D eigenvalue weighted by molar-refractivity contribution is 0.0635. The van der Waals surface area contributed by atoms with Gasteiger partial charge in [-0.25, -0.2) is 9.78 Å². The molecule has 0 radical (unpaired) electrons. The molecule has 36 heavy (non-hydrogen) atoms. The van der Waals surface area contributed by atoms with Gasteiger partial charge in [0.15, 0.2) is 0 Å². The first-order chi connectivity index (χ1) is 17.1. The molecule has 0 atom stereocenters. The number of carbonyl (C=O) groups excluding carboxylic acids is 1. The van der Waals surface area contributed by atoms with Gasteiger partial charge in [0, 0.05) is 15.5 Å². The lowest BCUT2D eigenvalue weighted by Crippen LogP contribution is -2.27. The van der Waals surface area contributed by atoms with Gasteiger partial charge < -0.3 is 20.5 Å². The molecule has 0 unspecified atom stereocenters. The van der Waals surface area contributed by atoms with Crippen LogP contribution in [-0.4, -0.2) is 28.3 Å². The van der Waals surface area contributed by atoms with Gasteiger partial charge in [-0.1, -0.05) is 34.1 Å². The standard InChI is InChI=1S/C27H28BrN5O3/c1-5-35-23-14-17(10-12-22(23)32-26(34)36-27(2,3)4)16-9-11-21-20(13-16)24(33-25(29)31-21)30-19-8-6-7-18(28)15-19/h6-15H,5H2,1-4H3,(H,32,34)(H3,29,30,31,33). The smallest absolute Gasteiger partial charge is 0.412 e. The second-order valence-electron chi connectivity index (χ2n) is 9.07. The summed E-state index contributed by atoms with van der Waals surface area (Å²) >= 11 is 3.49. The number of halogens is 1. The van der Waals surface area contributed by atoms with Crippen LogP contribution in [0, 0.1) is 0 Å². The molecule has 0 saturated heterocycles. The maximum absolute atomic E-state index is 12.3. The van der Waals surface area contributed by atoms with Crippen LogP contribution in [0.4, 0.5) is 27.9 Å². The second kappa shape index (κ2) is 10.4. The van der Waals surface area contributed by atoms with Gasteiger partial charge in [-0.2, -0.15) is 4.98 Å². The fourth-order valence-electron chi connectivity index (χ4n) is 3.62. The molecule has 0 aliphatic carbocycles. The lowest BCUT2D eigenvalue weighted by Gasteiger charge is -2.20. The van der Waals surface area contributed by atoms with E-state index in [9.17, 15) is 4.79 Å². The van der Waals surface area contributed by atoms with Crippen molar-refractivity contribution in [2.75, 3.05) is 23.0 Å². The van der Waals surface area contributed by atoms with Gasteiger partial charge in [0.1, 0.15) is 17.2 Å². The minimum atomic E-state index is -0.603. The van der Waals surface area contributed by atoms with E-state index in [2.05, 4.69) is 36.5 Å². The topological polar surface area (TPSA) is 111 Å². The highest BCUT2D eigenvalue weighted by Crippen LogP contribution is 2.34. The third kappa shape index (κ3) is 6.23. The van der Waals surface area contributed by atoms with E-state index in [4.69, 9.17) is 15.2 Å². The van der Waals surface area contributed by atoms with Gasteiger partial charge in [0.2, 0.25) is 5.95 Å². The molecule has 9 heteroatoms. The average molecular weight is 550 g/mol. The van der Waals surface area contributed by atoms with Crippen molar-refractivity contribution < 1.29 is 14.3 Å². The van der Waals surface area contributed by atoms with Crippen LogP contribution in [0.15, 0.2) is 65.1 Å². The van der Waals surface area contributed by atoms with Gasteiger partial charge in [-0.15, -0.1) is 0 Å². The third-order valence-electron chi connectivity index (χ3n) is 5.05. The van der Waals surface area contributed by atoms with E-state index in [1.54, 1.807) is 6.07 Å². The fraction of sp³-hybridized carbons (Fsp3) is 0.222. The zero-order valence-electron chi connectivity index (χ0n) is 20.6. The summed E-state index contributed by atoms with van der Waals surface area (Å²) in [6, 6.07) is 19.3. The monoisotopic (exact) mass is 549 g/mol. The maximum Gasteiger partial charge on any atom is 0.412 e. The van der Waals surface area contributed by atoms with Crippen LogP contribution in [0.3, 0.4) is 0 Å². The zero-order valence-corrected chi connectivity index (χ0v) is 22.1. The number of nitrogens with one attached hydrogen (secondary N) is 2. The van der Waals surface area contributed by atoms with Crippen LogP contribution in [-0.2, 0) is 4.74 Å². The van der Waals surface area contributed by atoms with E-state index in [1.807, 2.05) is 82.3 Å². The number of anilines is 4. The molecule has 0 spiro atoms. The molecule has 0 aliphatic heterocycles. The summed E-state index contributed by atoms with van der Waals surface area (Å²) in [6.07, 6.45) is -0.542. The van der Waals surface area contributed by atoms with E-state index < -0.39 is 11.7 Å². The molecule has 0 aliphatic rings. The van der Waals surface area contributed by atoms with Gasteiger partial charge in [0.05, 0.1) is 17.8 Å². The molecule has 186 valence electrons. The number of hydrogen-bond donors (Lipinski definition) is 3. The predicted octanol–water partition coefficient (Wildman–Crippen LogP) is 7.13. The van der Waals surface area contributed by atoms with Gasteiger partial charge in [-0.3, -0.25) is 5.32 Å². The summed E-state index contributed by atoms with van der Waals surface area (Å²) < 4.78 is 12.1. The highest BCUT2D eigenvalue weighted by atomic mass is 79.9. The Kier molecular flexibility index (Phi) is 7.30. The average Bonchev–Trinajstić information content (AvgIpc) is 2.79. The first kappa shape index (κ1) is 25.2. The molecule has 1 amide bonds. The number of fused-ring (bicyclic) bond motifs is 1. The van der Waals surface area contributed by atoms with Crippen molar-refractivity contribution in [1.29, 1.82) is 0 Å². The SMILES string of the molecule is CCOc1cc(-c2ccc3nc(N)nc(Nc4cccc(Br)c4)c3c2)ccc1NC(=O)OC(C)(C)C. The number of hydrogen-bond acceptors (Lipinski definition) is 7. The van der Waals surface area contributed by atoms with Crippen molar-refractivity contribution in [3.8, 4) is 16.9 Å². The molecular weight excluding hydrogens is 522 g/mol. The maximum atomic E-state index is 12.3. The summed E-state index contributed by atoms with van der Waals surface area (Å²) in [7, 11) is 0. The minimum Gasteiger partial charge on any atom is -0.492 e. The Morgan fingerprint density at radius 1 is 1.03 bits per heavy atom. The summed E-state index contributed by atoms with van der Waals surface area (Å²) in [6.45, 7) is 7.78. The third-order valence-corrected chi connectivity index (χ3v) is 5.54. The van der Waals surface area contributed by atoms with E-state index >= 15 is 0 Å². The minimum absolute atomic E-state index is 0.184. The number of nitrogens with zero attached hydrogens (tertiary/aromatic N) is 2. The summed E-state index contributed by atoms with van der Waals surface area (Å²) in [4.78, 5) is 21.1. The number of amides is 1. The molecule has 1 aromatic heterocycles. The molecule has 4 N–H and O–H groups in total. The van der Waals surface area contributed by atoms with Gasteiger partial charge in [0.25, 0.3) is 0 Å². The number of nitrogens with two attached hydrogens (primary N) is 1. The van der Waals surface area contributed by atoms with E-state index in [-0.39, 0.29) is 5.95 Å². The number of aromatic nitrogens is 2. The Morgan fingerprint density at radius 3 is 2.50 bits per heavy atom. The van der Waals surface area contributed by atoms with Crippen molar-refractivity contribution in [2.24, 2.45) is 0 Å². The van der Waals surface area contributed by atoms with Crippen molar-refractivity contribution in [2.45, 2.75) is 33.3 Å². The van der Waals surface area contributed by atoms with Crippen molar-refractivity contribution in [3.63, 3.8) is 0 Å². The molecule has 4 aromatic rings. The van der Waals surface area contributed by atoms with Crippen LogP contribution in [0.5, 0.6) is 5.75 Å². The van der Waals surface area contributed by atoms with Crippen LogP contribution < -0.4 is 21.1 Å². The number of benzene rings is 3. The molecule has 0 saturated carbocycles. The Hall–Kier alpha value is -3.85. The molecule has 4 rings (SSSR count).